The van der Waals surface area contributed by atoms with Crippen LogP contribution in [0.5, 0.6) is 0 Å². The van der Waals surface area contributed by atoms with Gasteiger partial charge in [0.2, 0.25) is 5.91 Å². The molecule has 0 radical (unpaired) electrons. The third-order valence-electron chi connectivity index (χ3n) is 6.43. The van der Waals surface area contributed by atoms with E-state index in [0.717, 1.165) is 11.1 Å². The maximum Gasteiger partial charge on any atom is 0.407 e. The molecule has 33 heavy (non-hydrogen) atoms. The van der Waals surface area contributed by atoms with Crippen LogP contribution in [0.1, 0.15) is 43.7 Å². The van der Waals surface area contributed by atoms with Crippen LogP contribution >= 0.6 is 0 Å². The normalized spacial score (nSPS) is 19.4. The summed E-state index contributed by atoms with van der Waals surface area (Å²) in [4.78, 5) is 36.0. The average molecular weight is 451 g/mol. The van der Waals surface area contributed by atoms with Gasteiger partial charge >= 0.3 is 12.1 Å². The second-order valence-corrected chi connectivity index (χ2v) is 9.34. The van der Waals surface area contributed by atoms with Gasteiger partial charge in [-0.05, 0) is 46.9 Å². The predicted molar refractivity (Wildman–Crippen MR) is 124 cm³/mol. The number of amides is 2. The molecule has 0 unspecified atom stereocenters. The van der Waals surface area contributed by atoms with Gasteiger partial charge < -0.3 is 20.5 Å². The molecule has 7 nitrogen and oxygen atoms in total. The molecule has 0 spiro atoms. The number of fused-ring (bicyclic) bond motifs is 3. The lowest BCUT2D eigenvalue weighted by Gasteiger charge is -2.16. The number of carboxylic acid groups (broad SMARTS) is 1. The standard InChI is InChI=1S/C26H30N2O5/c1-15(2)11-23(25(30)31)28-24(29)21-12-16(21)13-27-26(32)33-14-22-19-9-5-3-7-17(19)18-8-4-6-10-20(18)22/h3-10,15-16,21-23H,11-14H2,1-2H3,(H,27,32)(H,28,29)(H,30,31)/t16-,21-,23-/m1/s1. The molecule has 0 saturated heterocycles. The molecular formula is C26H30N2O5. The second kappa shape index (κ2) is 9.65. The summed E-state index contributed by atoms with van der Waals surface area (Å²) < 4.78 is 5.53. The molecule has 2 aromatic carbocycles. The SMILES string of the molecule is CC(C)C[C@@H](NC(=O)[C@@H]1C[C@@H]1CNC(=O)OCC1c2ccccc2-c2ccccc21)C(=O)O. The number of carbonyl (C=O) groups is 3. The van der Waals surface area contributed by atoms with Crippen molar-refractivity contribution < 1.29 is 24.2 Å². The maximum atomic E-state index is 12.4. The number of ether oxygens (including phenoxy) is 1. The molecule has 2 amide bonds. The van der Waals surface area contributed by atoms with Crippen molar-refractivity contribution in [2.24, 2.45) is 17.8 Å². The van der Waals surface area contributed by atoms with Crippen molar-refractivity contribution in [2.75, 3.05) is 13.2 Å². The number of rotatable bonds is 9. The van der Waals surface area contributed by atoms with E-state index in [0.29, 0.717) is 19.4 Å². The van der Waals surface area contributed by atoms with Crippen molar-refractivity contribution in [1.29, 1.82) is 0 Å². The van der Waals surface area contributed by atoms with Gasteiger partial charge in [-0.1, -0.05) is 62.4 Å². The highest BCUT2D eigenvalue weighted by molar-refractivity contribution is 5.86. The van der Waals surface area contributed by atoms with E-state index in [9.17, 15) is 19.5 Å². The van der Waals surface area contributed by atoms with Gasteiger partial charge in [-0.3, -0.25) is 4.79 Å². The van der Waals surface area contributed by atoms with Crippen molar-refractivity contribution in [3.63, 3.8) is 0 Å². The Morgan fingerprint density at radius 2 is 1.64 bits per heavy atom. The summed E-state index contributed by atoms with van der Waals surface area (Å²) >= 11 is 0. The fraction of sp³-hybridized carbons (Fsp3) is 0.423. The highest BCUT2D eigenvalue weighted by atomic mass is 16.5. The van der Waals surface area contributed by atoms with E-state index in [-0.39, 0.29) is 36.2 Å². The lowest BCUT2D eigenvalue weighted by Crippen LogP contribution is -2.42. The van der Waals surface area contributed by atoms with Crippen LogP contribution < -0.4 is 10.6 Å². The van der Waals surface area contributed by atoms with Gasteiger partial charge in [0.15, 0.2) is 0 Å². The number of aliphatic carboxylic acids is 1. The fourth-order valence-electron chi connectivity index (χ4n) is 4.63. The summed E-state index contributed by atoms with van der Waals surface area (Å²) in [6.45, 7) is 4.40. The third-order valence-corrected chi connectivity index (χ3v) is 6.43. The van der Waals surface area contributed by atoms with E-state index < -0.39 is 18.1 Å². The van der Waals surface area contributed by atoms with Crippen molar-refractivity contribution >= 4 is 18.0 Å². The summed E-state index contributed by atoms with van der Waals surface area (Å²) in [5.41, 5.74) is 4.65. The Kier molecular flexibility index (Phi) is 6.67. The largest absolute Gasteiger partial charge is 0.480 e. The first-order chi connectivity index (χ1) is 15.8. The first-order valence-electron chi connectivity index (χ1n) is 11.5. The van der Waals surface area contributed by atoms with Gasteiger partial charge in [0, 0.05) is 18.4 Å². The van der Waals surface area contributed by atoms with Crippen LogP contribution in [-0.2, 0) is 14.3 Å². The van der Waals surface area contributed by atoms with E-state index >= 15 is 0 Å². The van der Waals surface area contributed by atoms with Gasteiger partial charge in [-0.2, -0.15) is 0 Å². The Bertz CT molecular complexity index is 1000. The maximum absolute atomic E-state index is 12.4. The third kappa shape index (κ3) is 5.18. The summed E-state index contributed by atoms with van der Waals surface area (Å²) in [6.07, 6.45) is 0.506. The van der Waals surface area contributed by atoms with Crippen LogP contribution in [0, 0.1) is 17.8 Å². The molecule has 2 aromatic rings. The molecular weight excluding hydrogens is 420 g/mol. The smallest absolute Gasteiger partial charge is 0.407 e. The zero-order chi connectivity index (χ0) is 23.5. The Balaban J connectivity index is 1.24. The van der Waals surface area contributed by atoms with Crippen LogP contribution in [0.25, 0.3) is 11.1 Å². The first kappa shape index (κ1) is 22.8. The number of alkyl carbamates (subject to hydrolysis) is 1. The zero-order valence-electron chi connectivity index (χ0n) is 18.9. The van der Waals surface area contributed by atoms with Gasteiger partial charge in [-0.15, -0.1) is 0 Å². The second-order valence-electron chi connectivity index (χ2n) is 9.34. The molecule has 0 heterocycles. The fourth-order valence-corrected chi connectivity index (χ4v) is 4.63. The van der Waals surface area contributed by atoms with Crippen molar-refractivity contribution in [3.8, 4) is 11.1 Å². The zero-order valence-corrected chi connectivity index (χ0v) is 18.9. The van der Waals surface area contributed by atoms with Gasteiger partial charge in [-0.25, -0.2) is 9.59 Å². The van der Waals surface area contributed by atoms with E-state index in [4.69, 9.17) is 4.74 Å². The Morgan fingerprint density at radius 1 is 1.03 bits per heavy atom. The molecule has 1 saturated carbocycles. The molecule has 3 N–H and O–H groups in total. The van der Waals surface area contributed by atoms with Crippen LogP contribution in [0.3, 0.4) is 0 Å². The highest BCUT2D eigenvalue weighted by Gasteiger charge is 2.44. The number of carboxylic acids is 1. The Hall–Kier alpha value is -3.35. The predicted octanol–water partition coefficient (Wildman–Crippen LogP) is 3.78. The lowest BCUT2D eigenvalue weighted by atomic mass is 9.98. The van der Waals surface area contributed by atoms with Gasteiger partial charge in [0.25, 0.3) is 0 Å². The monoisotopic (exact) mass is 450 g/mol. The Morgan fingerprint density at radius 3 is 2.21 bits per heavy atom. The summed E-state index contributed by atoms with van der Waals surface area (Å²) in [5.74, 6) is -1.39. The summed E-state index contributed by atoms with van der Waals surface area (Å²) in [5, 5.41) is 14.7. The molecule has 2 aliphatic rings. The number of benzene rings is 2. The van der Waals surface area contributed by atoms with Crippen molar-refractivity contribution in [1.82, 2.24) is 10.6 Å². The van der Waals surface area contributed by atoms with E-state index in [1.807, 2.05) is 38.1 Å². The number of hydrogen-bond donors (Lipinski definition) is 3. The van der Waals surface area contributed by atoms with Crippen LogP contribution in [-0.4, -0.2) is 42.3 Å². The van der Waals surface area contributed by atoms with Crippen molar-refractivity contribution in [3.05, 3.63) is 59.7 Å². The first-order valence-corrected chi connectivity index (χ1v) is 11.5. The summed E-state index contributed by atoms with van der Waals surface area (Å²) in [6, 6.07) is 15.4. The average Bonchev–Trinajstić information content (AvgIpc) is 3.51. The quantitative estimate of drug-likeness (QED) is 0.539. The molecule has 2 aliphatic carbocycles. The molecule has 1 fully saturated rings. The minimum Gasteiger partial charge on any atom is -0.480 e. The molecule has 0 aromatic heterocycles. The van der Waals surface area contributed by atoms with E-state index in [2.05, 4.69) is 34.9 Å². The molecule has 3 atom stereocenters. The molecule has 7 heteroatoms. The van der Waals surface area contributed by atoms with Gasteiger partial charge in [0.05, 0.1) is 0 Å². The van der Waals surface area contributed by atoms with E-state index in [1.165, 1.54) is 11.1 Å². The minimum absolute atomic E-state index is 0.000947. The molecule has 0 aliphatic heterocycles. The minimum atomic E-state index is -1.02. The van der Waals surface area contributed by atoms with Gasteiger partial charge in [0.1, 0.15) is 12.6 Å². The van der Waals surface area contributed by atoms with Crippen LogP contribution in [0.4, 0.5) is 4.79 Å². The molecule has 0 bridgehead atoms. The van der Waals surface area contributed by atoms with Crippen molar-refractivity contribution in [2.45, 2.75) is 38.6 Å². The molecule has 4 rings (SSSR count). The number of carbonyl (C=O) groups excluding carboxylic acids is 2. The highest BCUT2D eigenvalue weighted by Crippen LogP contribution is 2.44. The van der Waals surface area contributed by atoms with Crippen LogP contribution in [0.2, 0.25) is 0 Å². The Labute approximate surface area is 193 Å². The number of hydrogen-bond acceptors (Lipinski definition) is 4. The number of nitrogens with one attached hydrogen (secondary N) is 2. The topological polar surface area (TPSA) is 105 Å². The van der Waals surface area contributed by atoms with E-state index in [1.54, 1.807) is 0 Å². The van der Waals surface area contributed by atoms with Crippen LogP contribution in [0.15, 0.2) is 48.5 Å². The lowest BCUT2D eigenvalue weighted by molar-refractivity contribution is -0.142. The summed E-state index contributed by atoms with van der Waals surface area (Å²) in [7, 11) is 0. The molecule has 174 valence electrons.